The molecule has 1 aromatic carbocycles. The standard InChI is InChI=1S/C41H62N4O5S/c1-37(2)29(27-7-9-28(10-8-27)35(46)47)13-16-38(3)32(37)15-17-40(5)33(38)12-11-30-34-31(44-36(48)42-6)14-18-41(34,20-19-39(30,40)4)43-21-22-45-23-25-51(49,50)26-24-45/h7-10,13,30-34,43H,11-12,14-26H2,1-6H3,(H,46,47)(H2,42,44,48). The SMILES string of the molecule is CNC(=O)NC1CCC2(NCCN3CCS(=O)(=O)CC3)CCC3(C)C(CCC4C5(C)CC=C(c6ccc(C(=O)O)cc6)C(C)(C)C5CCC43C)C12. The summed E-state index contributed by atoms with van der Waals surface area (Å²) in [5.74, 6) is 1.61. The zero-order valence-electron chi connectivity index (χ0n) is 31.8. The third kappa shape index (κ3) is 5.88. The van der Waals surface area contributed by atoms with Gasteiger partial charge in [0, 0.05) is 50.7 Å². The van der Waals surface area contributed by atoms with Gasteiger partial charge in [0.05, 0.1) is 17.1 Å². The first kappa shape index (κ1) is 36.9. The summed E-state index contributed by atoms with van der Waals surface area (Å²) in [6.07, 6.45) is 12.7. The number of amides is 2. The van der Waals surface area contributed by atoms with E-state index in [1.807, 2.05) is 12.1 Å². The van der Waals surface area contributed by atoms with Crippen LogP contribution < -0.4 is 16.0 Å². The number of sulfone groups is 1. The van der Waals surface area contributed by atoms with Gasteiger partial charge >= 0.3 is 12.0 Å². The van der Waals surface area contributed by atoms with Gasteiger partial charge in [-0.15, -0.1) is 0 Å². The number of aromatic carboxylic acids is 1. The largest absolute Gasteiger partial charge is 0.478 e. The molecule has 0 bridgehead atoms. The number of carbonyl (C=O) groups is 2. The van der Waals surface area contributed by atoms with Crippen LogP contribution in [0.1, 0.15) is 108 Å². The van der Waals surface area contributed by atoms with Crippen LogP contribution in [-0.4, -0.2) is 86.7 Å². The number of hydrogen-bond donors (Lipinski definition) is 4. The summed E-state index contributed by atoms with van der Waals surface area (Å²) < 4.78 is 24.1. The van der Waals surface area contributed by atoms with Gasteiger partial charge in [0.2, 0.25) is 0 Å². The van der Waals surface area contributed by atoms with Crippen LogP contribution in [0.3, 0.4) is 0 Å². The lowest BCUT2D eigenvalue weighted by Crippen LogP contribution is -2.69. The molecule has 1 aromatic rings. The molecule has 1 heterocycles. The molecule has 51 heavy (non-hydrogen) atoms. The molecule has 282 valence electrons. The van der Waals surface area contributed by atoms with Gasteiger partial charge in [-0.25, -0.2) is 18.0 Å². The van der Waals surface area contributed by atoms with Crippen molar-refractivity contribution in [2.45, 2.75) is 104 Å². The Labute approximate surface area is 306 Å². The Bertz CT molecular complexity index is 1660. The maximum absolute atomic E-state index is 12.9. The lowest BCUT2D eigenvalue weighted by molar-refractivity contribution is -0.218. The van der Waals surface area contributed by atoms with Crippen molar-refractivity contribution in [3.05, 3.63) is 41.5 Å². The summed E-state index contributed by atoms with van der Waals surface area (Å²) in [7, 11) is -1.19. The zero-order chi connectivity index (χ0) is 36.6. The second kappa shape index (κ2) is 12.9. The molecule has 10 heteroatoms. The minimum atomic E-state index is -2.90. The number of rotatable bonds is 7. The highest BCUT2D eigenvalue weighted by atomic mass is 32.2. The molecule has 9 nitrogen and oxygen atoms in total. The first-order chi connectivity index (χ1) is 24.0. The number of fused-ring (bicyclic) bond motifs is 7. The molecule has 9 atom stereocenters. The van der Waals surface area contributed by atoms with Crippen LogP contribution in [0.2, 0.25) is 0 Å². The maximum atomic E-state index is 12.9. The summed E-state index contributed by atoms with van der Waals surface area (Å²) in [6.45, 7) is 15.7. The smallest absolute Gasteiger partial charge is 0.335 e. The molecular weight excluding hydrogens is 661 g/mol. The molecule has 4 N–H and O–H groups in total. The molecule has 5 aliphatic carbocycles. The van der Waals surface area contributed by atoms with Crippen molar-refractivity contribution >= 4 is 27.4 Å². The molecule has 5 fully saturated rings. The number of carbonyl (C=O) groups excluding carboxylic acids is 1. The normalized spacial score (nSPS) is 41.2. The van der Waals surface area contributed by atoms with Crippen molar-refractivity contribution in [3.63, 3.8) is 0 Å². The van der Waals surface area contributed by atoms with Crippen LogP contribution in [0.25, 0.3) is 5.57 Å². The summed E-state index contributed by atoms with van der Waals surface area (Å²) in [5.41, 5.74) is 3.27. The average molecular weight is 723 g/mol. The van der Waals surface area contributed by atoms with E-state index >= 15 is 0 Å². The minimum Gasteiger partial charge on any atom is -0.478 e. The fourth-order valence-electron chi connectivity index (χ4n) is 13.6. The van der Waals surface area contributed by atoms with Gasteiger partial charge in [-0.3, -0.25) is 0 Å². The van der Waals surface area contributed by atoms with Crippen molar-refractivity contribution in [1.29, 1.82) is 0 Å². The van der Waals surface area contributed by atoms with E-state index in [0.717, 1.165) is 44.3 Å². The highest BCUT2D eigenvalue weighted by molar-refractivity contribution is 7.91. The molecule has 4 saturated carbocycles. The fourth-order valence-corrected chi connectivity index (χ4v) is 14.9. The van der Waals surface area contributed by atoms with Crippen molar-refractivity contribution in [3.8, 4) is 0 Å². The molecule has 0 radical (unpaired) electrons. The summed E-state index contributed by atoms with van der Waals surface area (Å²) in [5, 5.41) is 19.9. The quantitative estimate of drug-likeness (QED) is 0.264. The van der Waals surface area contributed by atoms with Crippen LogP contribution in [-0.2, 0) is 9.84 Å². The summed E-state index contributed by atoms with van der Waals surface area (Å²) >= 11 is 0. The second-order valence-electron chi connectivity index (χ2n) is 18.6. The highest BCUT2D eigenvalue weighted by Gasteiger charge is 2.70. The number of nitrogens with zero attached hydrogens (tertiary/aromatic N) is 1. The van der Waals surface area contributed by atoms with Crippen LogP contribution >= 0.6 is 0 Å². The molecular formula is C41H62N4O5S. The van der Waals surface area contributed by atoms with Crippen molar-refractivity contribution in [1.82, 2.24) is 20.9 Å². The molecule has 0 aromatic heterocycles. The first-order valence-electron chi connectivity index (χ1n) is 19.7. The topological polar surface area (TPSA) is 128 Å². The summed E-state index contributed by atoms with van der Waals surface area (Å²) in [4.78, 5) is 26.7. The van der Waals surface area contributed by atoms with Gasteiger partial charge in [0.25, 0.3) is 0 Å². The van der Waals surface area contributed by atoms with Gasteiger partial charge in [-0.2, -0.15) is 0 Å². The Kier molecular flexibility index (Phi) is 9.31. The molecule has 0 spiro atoms. The third-order valence-electron chi connectivity index (χ3n) is 16.3. The minimum absolute atomic E-state index is 0.0251. The van der Waals surface area contributed by atoms with E-state index in [2.05, 4.69) is 61.5 Å². The van der Waals surface area contributed by atoms with Crippen molar-refractivity contribution in [2.24, 2.45) is 45.3 Å². The summed E-state index contributed by atoms with van der Waals surface area (Å²) in [6, 6.07) is 7.54. The fraction of sp³-hybridized carbons (Fsp3) is 0.756. The number of urea groups is 1. The van der Waals surface area contributed by atoms with E-state index < -0.39 is 15.8 Å². The number of carboxylic acid groups (broad SMARTS) is 1. The Morgan fingerprint density at radius 1 is 0.882 bits per heavy atom. The van der Waals surface area contributed by atoms with Gasteiger partial charge in [0.15, 0.2) is 9.84 Å². The van der Waals surface area contributed by atoms with Gasteiger partial charge in [0.1, 0.15) is 0 Å². The Hall–Kier alpha value is -2.43. The first-order valence-corrected chi connectivity index (χ1v) is 21.5. The predicted molar refractivity (Wildman–Crippen MR) is 202 cm³/mol. The van der Waals surface area contributed by atoms with Crippen molar-refractivity contribution in [2.75, 3.05) is 44.7 Å². The van der Waals surface area contributed by atoms with E-state index in [-0.39, 0.29) is 50.8 Å². The van der Waals surface area contributed by atoms with Gasteiger partial charge < -0.3 is 26.0 Å². The molecule has 6 aliphatic rings. The van der Waals surface area contributed by atoms with Crippen molar-refractivity contribution < 1.29 is 23.1 Å². The van der Waals surface area contributed by atoms with Crippen LogP contribution in [0.5, 0.6) is 0 Å². The van der Waals surface area contributed by atoms with Crippen LogP contribution in [0, 0.1) is 45.3 Å². The average Bonchev–Trinajstić information content (AvgIpc) is 3.43. The molecule has 1 saturated heterocycles. The number of carboxylic acids is 1. The Balaban J connectivity index is 1.15. The number of hydrogen-bond acceptors (Lipinski definition) is 6. The molecule has 1 aliphatic heterocycles. The second-order valence-corrected chi connectivity index (χ2v) is 20.9. The molecule has 7 rings (SSSR count). The highest BCUT2D eigenvalue weighted by Crippen LogP contribution is 2.76. The van der Waals surface area contributed by atoms with E-state index in [1.165, 1.54) is 37.7 Å². The van der Waals surface area contributed by atoms with Crippen LogP contribution in [0.15, 0.2) is 30.3 Å². The number of nitrogens with one attached hydrogen (secondary N) is 3. The van der Waals surface area contributed by atoms with Crippen LogP contribution in [0.4, 0.5) is 4.79 Å². The Morgan fingerprint density at radius 2 is 1.59 bits per heavy atom. The lowest BCUT2D eigenvalue weighted by atomic mass is 9.33. The monoisotopic (exact) mass is 722 g/mol. The van der Waals surface area contributed by atoms with Gasteiger partial charge in [-0.1, -0.05) is 52.8 Å². The predicted octanol–water partition coefficient (Wildman–Crippen LogP) is 6.21. The van der Waals surface area contributed by atoms with E-state index in [0.29, 0.717) is 42.3 Å². The van der Waals surface area contributed by atoms with Gasteiger partial charge in [-0.05, 0) is 120 Å². The zero-order valence-corrected chi connectivity index (χ0v) is 32.6. The van der Waals surface area contributed by atoms with E-state index in [1.54, 1.807) is 19.2 Å². The van der Waals surface area contributed by atoms with E-state index in [9.17, 15) is 23.1 Å². The Morgan fingerprint density at radius 3 is 2.25 bits per heavy atom. The molecule has 9 unspecified atom stereocenters. The number of allylic oxidation sites excluding steroid dienone is 2. The number of benzene rings is 1. The third-order valence-corrected chi connectivity index (χ3v) is 17.9. The maximum Gasteiger partial charge on any atom is 0.335 e. The van der Waals surface area contributed by atoms with E-state index in [4.69, 9.17) is 0 Å². The lowest BCUT2D eigenvalue weighted by Gasteiger charge is -2.72. The molecule has 2 amide bonds.